The molecule has 10 heteroatoms. The summed E-state index contributed by atoms with van der Waals surface area (Å²) < 4.78 is 21.4. The lowest BCUT2D eigenvalue weighted by Crippen LogP contribution is -2.49. The monoisotopic (exact) mass is 242 g/mol. The molecule has 1 rings (SSSR count). The zero-order valence-electron chi connectivity index (χ0n) is 7.25. The molecule has 5 N–H and O–H groups in total. The van der Waals surface area contributed by atoms with Crippen molar-refractivity contribution in [3.63, 3.8) is 0 Å². The highest BCUT2D eigenvalue weighted by Gasteiger charge is 2.23. The molecule has 1 atom stereocenters. The van der Waals surface area contributed by atoms with Gasteiger partial charge in [0.2, 0.25) is 0 Å². The van der Waals surface area contributed by atoms with E-state index in [2.05, 4.69) is 5.43 Å². The SMILES string of the molecule is NS(=O)(=O)NN1CN(CCO)NC1[S-]. The van der Waals surface area contributed by atoms with E-state index in [0.29, 0.717) is 6.54 Å². The van der Waals surface area contributed by atoms with Crippen LogP contribution in [0.5, 0.6) is 0 Å². The fraction of sp³-hybridized carbons (Fsp3) is 1.00. The second-order valence-electron chi connectivity index (χ2n) is 2.72. The maximum absolute atomic E-state index is 10.7. The predicted octanol–water partition coefficient (Wildman–Crippen LogP) is -3.40. The lowest BCUT2D eigenvalue weighted by atomic mass is 10.7. The molecule has 0 radical (unpaired) electrons. The van der Waals surface area contributed by atoms with Gasteiger partial charge in [0.25, 0.3) is 10.2 Å². The van der Waals surface area contributed by atoms with Crippen molar-refractivity contribution < 1.29 is 13.5 Å². The zero-order chi connectivity index (χ0) is 10.8. The van der Waals surface area contributed by atoms with Gasteiger partial charge in [0.1, 0.15) is 0 Å². The molecular formula is C4H12N5O3S2-. The molecule has 1 heterocycles. The van der Waals surface area contributed by atoms with Crippen molar-refractivity contribution in [3.05, 3.63) is 0 Å². The molecule has 0 bridgehead atoms. The normalized spacial score (nSPS) is 25.8. The van der Waals surface area contributed by atoms with E-state index in [9.17, 15) is 8.42 Å². The van der Waals surface area contributed by atoms with E-state index < -0.39 is 15.7 Å². The van der Waals surface area contributed by atoms with Gasteiger partial charge in [0.15, 0.2) is 0 Å². The Morgan fingerprint density at radius 1 is 1.71 bits per heavy atom. The summed E-state index contributed by atoms with van der Waals surface area (Å²) in [6.07, 6.45) is 0. The van der Waals surface area contributed by atoms with Gasteiger partial charge in [-0.15, -0.1) is 4.83 Å². The van der Waals surface area contributed by atoms with Crippen molar-refractivity contribution in [2.75, 3.05) is 19.8 Å². The third-order valence-corrected chi connectivity index (χ3v) is 2.36. The van der Waals surface area contributed by atoms with E-state index in [4.69, 9.17) is 22.9 Å². The highest BCUT2D eigenvalue weighted by molar-refractivity contribution is 7.87. The van der Waals surface area contributed by atoms with Gasteiger partial charge in [-0.2, -0.15) is 8.42 Å². The van der Waals surface area contributed by atoms with Crippen LogP contribution < -0.4 is 15.4 Å². The lowest BCUT2D eigenvalue weighted by molar-refractivity contribution is 0.160. The van der Waals surface area contributed by atoms with Gasteiger partial charge < -0.3 is 17.7 Å². The first-order valence-electron chi connectivity index (χ1n) is 3.77. The number of aliphatic hydroxyl groups excluding tert-OH is 1. The van der Waals surface area contributed by atoms with Crippen molar-refractivity contribution in [1.29, 1.82) is 0 Å². The summed E-state index contributed by atoms with van der Waals surface area (Å²) in [6.45, 7) is 0.541. The number of hydrogen-bond acceptors (Lipinski definition) is 7. The van der Waals surface area contributed by atoms with Crippen LogP contribution in [0.1, 0.15) is 0 Å². The van der Waals surface area contributed by atoms with Crippen molar-refractivity contribution in [2.24, 2.45) is 5.14 Å². The van der Waals surface area contributed by atoms with Crippen molar-refractivity contribution in [3.8, 4) is 0 Å². The molecule has 1 unspecified atom stereocenters. The highest BCUT2D eigenvalue weighted by Crippen LogP contribution is 2.02. The van der Waals surface area contributed by atoms with Gasteiger partial charge in [-0.05, 0) is 5.50 Å². The molecule has 0 aliphatic carbocycles. The largest absolute Gasteiger partial charge is 0.756 e. The first kappa shape index (κ1) is 12.1. The fourth-order valence-corrected chi connectivity index (χ4v) is 1.85. The Bertz CT molecular complexity index is 283. The molecule has 0 spiro atoms. The number of β-amino-alcohol motifs (C(OH)–C–C–N with tert-alkyl or cyclic N) is 1. The van der Waals surface area contributed by atoms with E-state index in [1.54, 1.807) is 5.01 Å². The van der Waals surface area contributed by atoms with Gasteiger partial charge in [0.05, 0.1) is 13.3 Å². The second kappa shape index (κ2) is 4.72. The van der Waals surface area contributed by atoms with E-state index in [1.165, 1.54) is 5.01 Å². The Morgan fingerprint density at radius 3 is 2.86 bits per heavy atom. The fourth-order valence-electron chi connectivity index (χ4n) is 1.02. The lowest BCUT2D eigenvalue weighted by Gasteiger charge is -2.26. The minimum atomic E-state index is -3.80. The van der Waals surface area contributed by atoms with Gasteiger partial charge in [-0.25, -0.2) is 15.2 Å². The van der Waals surface area contributed by atoms with Gasteiger partial charge in [0, 0.05) is 6.54 Å². The molecule has 8 nitrogen and oxygen atoms in total. The first-order valence-corrected chi connectivity index (χ1v) is 5.79. The molecule has 0 aromatic carbocycles. The van der Waals surface area contributed by atoms with Crippen LogP contribution in [-0.4, -0.2) is 48.9 Å². The van der Waals surface area contributed by atoms with Crippen molar-refractivity contribution in [1.82, 2.24) is 20.3 Å². The van der Waals surface area contributed by atoms with Crippen LogP contribution in [0, 0.1) is 0 Å². The minimum absolute atomic E-state index is 0.0434. The predicted molar refractivity (Wildman–Crippen MR) is 51.0 cm³/mol. The number of aliphatic hydroxyl groups is 1. The Morgan fingerprint density at radius 2 is 2.36 bits per heavy atom. The standard InChI is InChI=1S/C4H13N5O3S2/c5-14(11,12)7-9-3-8(1-2-10)6-4(9)13/h4,6-7,10,13H,1-3H2,(H2,5,11,12)/p-1. The Balaban J connectivity index is 2.49. The number of nitrogens with one attached hydrogen (secondary N) is 2. The van der Waals surface area contributed by atoms with E-state index in [1.807, 2.05) is 4.83 Å². The third kappa shape index (κ3) is 3.67. The summed E-state index contributed by atoms with van der Waals surface area (Å²) in [5.41, 5.74) is 2.15. The maximum Gasteiger partial charge on any atom is 0.287 e. The van der Waals surface area contributed by atoms with Crippen molar-refractivity contribution in [2.45, 2.75) is 5.50 Å². The number of hydrogen-bond donors (Lipinski definition) is 4. The molecule has 14 heavy (non-hydrogen) atoms. The Labute approximate surface area is 87.6 Å². The summed E-state index contributed by atoms with van der Waals surface area (Å²) in [5.74, 6) is 0. The van der Waals surface area contributed by atoms with Crippen LogP contribution in [0.3, 0.4) is 0 Å². The first-order chi connectivity index (χ1) is 6.42. The number of nitrogens with two attached hydrogens (primary N) is 1. The second-order valence-corrected chi connectivity index (χ2v) is 4.44. The summed E-state index contributed by atoms with van der Waals surface area (Å²) in [7, 11) is -3.80. The molecule has 0 saturated carbocycles. The average Bonchev–Trinajstić information content (AvgIpc) is 2.29. The zero-order valence-corrected chi connectivity index (χ0v) is 8.88. The van der Waals surface area contributed by atoms with Crippen molar-refractivity contribution >= 4 is 22.8 Å². The maximum atomic E-state index is 10.7. The van der Waals surface area contributed by atoms with Crippen LogP contribution >= 0.6 is 0 Å². The molecule has 84 valence electrons. The van der Waals surface area contributed by atoms with Crippen LogP contribution in [0.25, 0.3) is 0 Å². The van der Waals surface area contributed by atoms with Gasteiger partial charge in [-0.1, -0.05) is 0 Å². The summed E-state index contributed by atoms with van der Waals surface area (Å²) >= 11 is 4.89. The van der Waals surface area contributed by atoms with E-state index in [0.717, 1.165) is 0 Å². The van der Waals surface area contributed by atoms with Crippen LogP contribution in [0.4, 0.5) is 0 Å². The number of rotatable bonds is 4. The highest BCUT2D eigenvalue weighted by atomic mass is 32.2. The minimum Gasteiger partial charge on any atom is -0.756 e. The molecule has 0 aromatic heterocycles. The molecule has 1 aliphatic rings. The summed E-state index contributed by atoms with van der Waals surface area (Å²) in [5, 5.41) is 16.2. The number of hydrazine groups is 2. The Kier molecular flexibility index (Phi) is 4.09. The van der Waals surface area contributed by atoms with Crippen LogP contribution in [0.2, 0.25) is 0 Å². The molecule has 1 fully saturated rings. The summed E-state index contributed by atoms with van der Waals surface area (Å²) in [4.78, 5) is 2.05. The summed E-state index contributed by atoms with van der Waals surface area (Å²) in [6, 6.07) is 0. The van der Waals surface area contributed by atoms with Gasteiger partial charge >= 0.3 is 0 Å². The molecule has 0 amide bonds. The molecule has 1 aliphatic heterocycles. The topological polar surface area (TPSA) is 111 Å². The quantitative estimate of drug-likeness (QED) is 0.380. The number of nitrogens with zero attached hydrogens (tertiary/aromatic N) is 2. The molecular weight excluding hydrogens is 230 g/mol. The van der Waals surface area contributed by atoms with E-state index >= 15 is 0 Å². The average molecular weight is 242 g/mol. The molecule has 0 aromatic rings. The molecule has 1 saturated heterocycles. The Hall–Kier alpha value is 0.0600. The van der Waals surface area contributed by atoms with Crippen LogP contribution in [-0.2, 0) is 22.8 Å². The smallest absolute Gasteiger partial charge is 0.287 e. The third-order valence-electron chi connectivity index (χ3n) is 1.51. The van der Waals surface area contributed by atoms with E-state index in [-0.39, 0.29) is 13.3 Å². The van der Waals surface area contributed by atoms with Gasteiger partial charge in [-0.3, -0.25) is 5.43 Å². The van der Waals surface area contributed by atoms with Crippen LogP contribution in [0.15, 0.2) is 0 Å².